The highest BCUT2D eigenvalue weighted by Crippen LogP contribution is 2.35. The van der Waals surface area contributed by atoms with E-state index in [-0.39, 0.29) is 30.1 Å². The molecule has 0 radical (unpaired) electrons. The number of ether oxygens (including phenoxy) is 1. The van der Waals surface area contributed by atoms with Crippen molar-refractivity contribution in [1.82, 2.24) is 10.3 Å². The van der Waals surface area contributed by atoms with E-state index in [1.54, 1.807) is 30.3 Å². The summed E-state index contributed by atoms with van der Waals surface area (Å²) in [7, 11) is 0. The lowest BCUT2D eigenvalue weighted by molar-refractivity contribution is -0.140. The molecule has 0 bridgehead atoms. The Kier molecular flexibility index (Phi) is 6.74. The van der Waals surface area contributed by atoms with Crippen LogP contribution in [0.25, 0.3) is 17.0 Å². The van der Waals surface area contributed by atoms with Crippen molar-refractivity contribution in [2.45, 2.75) is 43.9 Å². The van der Waals surface area contributed by atoms with Crippen molar-refractivity contribution in [3.8, 4) is 5.75 Å². The number of rotatable bonds is 4. The van der Waals surface area contributed by atoms with E-state index in [0.29, 0.717) is 58.1 Å². The molecule has 3 aromatic rings. The number of nitrogens with one attached hydrogen (secondary N) is 2. The van der Waals surface area contributed by atoms with Crippen LogP contribution in [0.5, 0.6) is 5.75 Å². The highest BCUT2D eigenvalue weighted by molar-refractivity contribution is 6.31. The summed E-state index contributed by atoms with van der Waals surface area (Å²) in [6, 6.07) is 10.8. The van der Waals surface area contributed by atoms with Gasteiger partial charge >= 0.3 is 6.18 Å². The second-order valence-electron chi connectivity index (χ2n) is 9.02. The third kappa shape index (κ3) is 5.39. The summed E-state index contributed by atoms with van der Waals surface area (Å²) in [5.74, 6) is 0.489. The van der Waals surface area contributed by atoms with Crippen LogP contribution in [0.2, 0.25) is 10.0 Å². The van der Waals surface area contributed by atoms with Gasteiger partial charge in [0.25, 0.3) is 5.91 Å². The van der Waals surface area contributed by atoms with E-state index < -0.39 is 11.9 Å². The molecule has 10 heteroatoms. The van der Waals surface area contributed by atoms with Gasteiger partial charge in [-0.1, -0.05) is 23.2 Å². The van der Waals surface area contributed by atoms with Gasteiger partial charge in [0.05, 0.1) is 11.1 Å². The molecule has 0 atom stereocenters. The number of carbonyl (C=O) groups excluding carboxylic acids is 1. The molecule has 5 nitrogen and oxygen atoms in total. The van der Waals surface area contributed by atoms with Crippen LogP contribution in [0.3, 0.4) is 0 Å². The van der Waals surface area contributed by atoms with Crippen LogP contribution in [-0.4, -0.2) is 29.6 Å². The minimum atomic E-state index is -4.56. The lowest BCUT2D eigenvalue weighted by Gasteiger charge is -2.31. The SMILES string of the molecule is O=C(NC1CCC(Nc2cc(C(F)(F)F)nc3ccc(Cl)cc23)CC1)C1=Cc2cc(Cl)ccc2OC1. The molecule has 1 amide bonds. The normalized spacial score (nSPS) is 19.8. The number of pyridine rings is 1. The Morgan fingerprint density at radius 3 is 2.42 bits per heavy atom. The van der Waals surface area contributed by atoms with Crippen LogP contribution in [-0.2, 0) is 11.0 Å². The molecule has 1 saturated carbocycles. The van der Waals surface area contributed by atoms with E-state index in [1.165, 1.54) is 12.1 Å². The van der Waals surface area contributed by atoms with Gasteiger partial charge in [-0.3, -0.25) is 4.79 Å². The molecule has 188 valence electrons. The molecule has 36 heavy (non-hydrogen) atoms. The number of halogens is 5. The molecule has 0 unspecified atom stereocenters. The first kappa shape index (κ1) is 24.7. The molecule has 5 rings (SSSR count). The van der Waals surface area contributed by atoms with E-state index in [1.807, 2.05) is 0 Å². The molecule has 2 aliphatic rings. The molecular weight excluding hydrogens is 514 g/mol. The Balaban J connectivity index is 1.24. The van der Waals surface area contributed by atoms with Crippen molar-refractivity contribution >= 4 is 51.8 Å². The van der Waals surface area contributed by atoms with E-state index in [2.05, 4.69) is 15.6 Å². The van der Waals surface area contributed by atoms with Gasteiger partial charge in [-0.15, -0.1) is 0 Å². The van der Waals surface area contributed by atoms with E-state index in [0.717, 1.165) is 11.6 Å². The van der Waals surface area contributed by atoms with Gasteiger partial charge in [0.15, 0.2) is 0 Å². The third-order valence-corrected chi connectivity index (χ3v) is 6.93. The summed E-state index contributed by atoms with van der Waals surface area (Å²) in [6.07, 6.45) is -0.0260. The maximum Gasteiger partial charge on any atom is 0.433 e. The predicted molar refractivity (Wildman–Crippen MR) is 134 cm³/mol. The van der Waals surface area contributed by atoms with Crippen molar-refractivity contribution in [2.75, 3.05) is 11.9 Å². The zero-order valence-corrected chi connectivity index (χ0v) is 20.5. The highest BCUT2D eigenvalue weighted by Gasteiger charge is 2.34. The van der Waals surface area contributed by atoms with Gasteiger partial charge in [0, 0.05) is 38.8 Å². The smallest absolute Gasteiger partial charge is 0.433 e. The first-order valence-electron chi connectivity index (χ1n) is 11.5. The molecule has 1 aromatic heterocycles. The first-order chi connectivity index (χ1) is 17.2. The van der Waals surface area contributed by atoms with Crippen molar-refractivity contribution in [3.63, 3.8) is 0 Å². The van der Waals surface area contributed by atoms with Crippen LogP contribution in [0.15, 0.2) is 48.0 Å². The summed E-state index contributed by atoms with van der Waals surface area (Å²) in [4.78, 5) is 16.6. The average Bonchev–Trinajstić information content (AvgIpc) is 2.84. The summed E-state index contributed by atoms with van der Waals surface area (Å²) >= 11 is 12.1. The second kappa shape index (κ2) is 9.82. The minimum absolute atomic E-state index is 0.0356. The second-order valence-corrected chi connectivity index (χ2v) is 9.89. The molecule has 0 saturated heterocycles. The number of benzene rings is 2. The molecule has 2 heterocycles. The van der Waals surface area contributed by atoms with Crippen molar-refractivity contribution < 1.29 is 22.7 Å². The number of nitrogens with zero attached hydrogens (tertiary/aromatic N) is 1. The predicted octanol–water partition coefficient (Wildman–Crippen LogP) is 6.88. The van der Waals surface area contributed by atoms with Crippen LogP contribution in [0.4, 0.5) is 18.9 Å². The molecule has 1 aliphatic heterocycles. The number of aromatic nitrogens is 1. The molecule has 1 aliphatic carbocycles. The van der Waals surface area contributed by atoms with Crippen LogP contribution in [0, 0.1) is 0 Å². The molecule has 2 N–H and O–H groups in total. The van der Waals surface area contributed by atoms with E-state index >= 15 is 0 Å². The van der Waals surface area contributed by atoms with Gasteiger partial charge in [-0.25, -0.2) is 4.98 Å². The monoisotopic (exact) mass is 535 g/mol. The Bertz CT molecular complexity index is 1350. The van der Waals surface area contributed by atoms with Crippen molar-refractivity contribution in [1.29, 1.82) is 0 Å². The number of hydrogen-bond acceptors (Lipinski definition) is 4. The fraction of sp³-hybridized carbons (Fsp3) is 0.308. The number of fused-ring (bicyclic) bond motifs is 2. The van der Waals surface area contributed by atoms with Gasteiger partial charge in [0.2, 0.25) is 0 Å². The quantitative estimate of drug-likeness (QED) is 0.382. The molecule has 1 fully saturated rings. The van der Waals surface area contributed by atoms with Crippen LogP contribution < -0.4 is 15.4 Å². The topological polar surface area (TPSA) is 63.2 Å². The van der Waals surface area contributed by atoms with E-state index in [9.17, 15) is 18.0 Å². The zero-order valence-electron chi connectivity index (χ0n) is 19.0. The highest BCUT2D eigenvalue weighted by atomic mass is 35.5. The van der Waals surface area contributed by atoms with Gasteiger partial charge < -0.3 is 15.4 Å². The standard InChI is InChI=1S/C26H22Cl2F3N3O2/c27-16-2-8-23-14(10-16)9-15(13-36-23)25(35)33-19-5-3-18(4-6-19)32-22-12-24(26(29,30)31)34-21-7-1-17(28)11-20(21)22/h1-2,7-12,18-19H,3-6,13H2,(H,32,34)(H,33,35). The van der Waals surface area contributed by atoms with Gasteiger partial charge in [0.1, 0.15) is 18.1 Å². The fourth-order valence-corrected chi connectivity index (χ4v) is 4.97. The largest absolute Gasteiger partial charge is 0.488 e. The van der Waals surface area contributed by atoms with Gasteiger partial charge in [-0.05, 0) is 74.2 Å². The number of anilines is 1. The fourth-order valence-electron chi connectivity index (χ4n) is 4.62. The molecule has 0 spiro atoms. The Labute approximate surface area is 215 Å². The van der Waals surface area contributed by atoms with Crippen molar-refractivity contribution in [3.05, 3.63) is 69.3 Å². The summed E-state index contributed by atoms with van der Waals surface area (Å²) in [5.41, 5.74) is 0.902. The first-order valence-corrected chi connectivity index (χ1v) is 12.3. The maximum absolute atomic E-state index is 13.4. The minimum Gasteiger partial charge on any atom is -0.488 e. The van der Waals surface area contributed by atoms with E-state index in [4.69, 9.17) is 27.9 Å². The number of hydrogen-bond donors (Lipinski definition) is 2. The number of amides is 1. The van der Waals surface area contributed by atoms with Crippen molar-refractivity contribution in [2.24, 2.45) is 0 Å². The van der Waals surface area contributed by atoms with Crippen LogP contribution >= 0.6 is 23.2 Å². The number of alkyl halides is 3. The number of carbonyl (C=O) groups is 1. The Morgan fingerprint density at radius 2 is 1.67 bits per heavy atom. The van der Waals surface area contributed by atoms with Crippen LogP contribution in [0.1, 0.15) is 36.9 Å². The third-order valence-electron chi connectivity index (χ3n) is 6.46. The Hall–Kier alpha value is -2.97. The summed E-state index contributed by atoms with van der Waals surface area (Å²) in [6.45, 7) is 0.177. The molecule has 2 aromatic carbocycles. The lowest BCUT2D eigenvalue weighted by atomic mass is 9.90. The summed E-state index contributed by atoms with van der Waals surface area (Å²) < 4.78 is 45.9. The zero-order chi connectivity index (χ0) is 25.4. The molecular formula is C26H22Cl2F3N3O2. The lowest BCUT2D eigenvalue weighted by Crippen LogP contribution is -2.41. The summed E-state index contributed by atoms with van der Waals surface area (Å²) in [5, 5.41) is 7.84. The maximum atomic E-state index is 13.4. The van der Waals surface area contributed by atoms with Gasteiger partial charge in [-0.2, -0.15) is 13.2 Å². The Morgan fingerprint density at radius 1 is 0.972 bits per heavy atom. The average molecular weight is 536 g/mol.